The first-order valence-corrected chi connectivity index (χ1v) is 8.52. The largest absolute Gasteiger partial charge is 0.383 e. The highest BCUT2D eigenvalue weighted by Gasteiger charge is 2.18. The quantitative estimate of drug-likeness (QED) is 0.536. The van der Waals surface area contributed by atoms with Gasteiger partial charge in [-0.2, -0.15) is 0 Å². The Hall–Kier alpha value is -3.06. The standard InChI is InChI=1S/C19H20N6O/c1-14(18-23-22-13-24(18)10-11-26-2)25-9-8-21-19(25)16-5-6-17-15(12-16)4-3-7-20-17/h3-9,12-14H,10-11H2,1-2H3. The summed E-state index contributed by atoms with van der Waals surface area (Å²) in [6.07, 6.45) is 7.33. The first-order chi connectivity index (χ1) is 12.8. The van der Waals surface area contributed by atoms with Gasteiger partial charge in [0.2, 0.25) is 0 Å². The zero-order chi connectivity index (χ0) is 17.9. The third-order valence-corrected chi connectivity index (χ3v) is 4.50. The maximum atomic E-state index is 5.17. The predicted octanol–water partition coefficient (Wildman–Crippen LogP) is 2.95. The number of nitrogens with zero attached hydrogens (tertiary/aromatic N) is 6. The molecule has 0 spiro atoms. The normalized spacial score (nSPS) is 12.5. The van der Waals surface area contributed by atoms with E-state index in [0.717, 1.165) is 34.7 Å². The van der Waals surface area contributed by atoms with Gasteiger partial charge in [0.15, 0.2) is 5.82 Å². The van der Waals surface area contributed by atoms with Gasteiger partial charge in [-0.15, -0.1) is 10.2 Å². The van der Waals surface area contributed by atoms with Crippen LogP contribution in [0, 0.1) is 0 Å². The van der Waals surface area contributed by atoms with Crippen molar-refractivity contribution in [3.05, 3.63) is 61.1 Å². The van der Waals surface area contributed by atoms with Crippen molar-refractivity contribution >= 4 is 10.9 Å². The van der Waals surface area contributed by atoms with Crippen LogP contribution in [0.15, 0.2) is 55.2 Å². The molecule has 0 saturated carbocycles. The summed E-state index contributed by atoms with van der Waals surface area (Å²) in [6, 6.07) is 10.2. The van der Waals surface area contributed by atoms with Gasteiger partial charge in [-0.05, 0) is 31.2 Å². The van der Waals surface area contributed by atoms with Crippen LogP contribution < -0.4 is 0 Å². The van der Waals surface area contributed by atoms with Crippen LogP contribution in [0.25, 0.3) is 22.3 Å². The lowest BCUT2D eigenvalue weighted by Gasteiger charge is -2.17. The van der Waals surface area contributed by atoms with Crippen molar-refractivity contribution in [2.45, 2.75) is 19.5 Å². The maximum Gasteiger partial charge on any atom is 0.155 e. The van der Waals surface area contributed by atoms with E-state index in [2.05, 4.69) is 49.9 Å². The summed E-state index contributed by atoms with van der Waals surface area (Å²) in [5, 5.41) is 9.47. The fraction of sp³-hybridized carbons (Fsp3) is 0.263. The van der Waals surface area contributed by atoms with Crippen molar-refractivity contribution in [2.75, 3.05) is 13.7 Å². The average molecular weight is 348 g/mol. The second-order valence-corrected chi connectivity index (χ2v) is 6.12. The Morgan fingerprint density at radius 1 is 1.15 bits per heavy atom. The summed E-state index contributed by atoms with van der Waals surface area (Å²) in [4.78, 5) is 8.96. The van der Waals surface area contributed by atoms with E-state index >= 15 is 0 Å². The van der Waals surface area contributed by atoms with Gasteiger partial charge in [0.05, 0.1) is 18.2 Å². The Morgan fingerprint density at radius 2 is 2.08 bits per heavy atom. The summed E-state index contributed by atoms with van der Waals surface area (Å²) >= 11 is 0. The molecule has 0 fully saturated rings. The van der Waals surface area contributed by atoms with Gasteiger partial charge in [0.1, 0.15) is 12.2 Å². The van der Waals surface area contributed by atoms with Gasteiger partial charge < -0.3 is 13.9 Å². The van der Waals surface area contributed by atoms with Crippen LogP contribution in [-0.2, 0) is 11.3 Å². The summed E-state index contributed by atoms with van der Waals surface area (Å²) < 4.78 is 9.31. The molecule has 3 heterocycles. The molecule has 132 valence electrons. The molecule has 7 nitrogen and oxygen atoms in total. The van der Waals surface area contributed by atoms with Crippen LogP contribution in [0.2, 0.25) is 0 Å². The number of hydrogen-bond acceptors (Lipinski definition) is 5. The van der Waals surface area contributed by atoms with Crippen LogP contribution in [-0.4, -0.2) is 43.0 Å². The number of methoxy groups -OCH3 is 1. The highest BCUT2D eigenvalue weighted by atomic mass is 16.5. The van der Waals surface area contributed by atoms with Crippen LogP contribution in [0.4, 0.5) is 0 Å². The molecule has 0 aliphatic heterocycles. The molecule has 4 rings (SSSR count). The lowest BCUT2D eigenvalue weighted by Crippen LogP contribution is -2.15. The summed E-state index contributed by atoms with van der Waals surface area (Å²) in [6.45, 7) is 3.43. The molecule has 0 bridgehead atoms. The Bertz CT molecular complexity index is 1020. The monoisotopic (exact) mass is 348 g/mol. The second-order valence-electron chi connectivity index (χ2n) is 6.12. The average Bonchev–Trinajstić information content (AvgIpc) is 3.35. The lowest BCUT2D eigenvalue weighted by atomic mass is 10.1. The Kier molecular flexibility index (Phi) is 4.45. The Balaban J connectivity index is 1.71. The van der Waals surface area contributed by atoms with E-state index in [-0.39, 0.29) is 6.04 Å². The molecule has 4 aromatic rings. The number of aromatic nitrogens is 6. The van der Waals surface area contributed by atoms with Crippen molar-refractivity contribution in [1.29, 1.82) is 0 Å². The SMILES string of the molecule is COCCn1cnnc1C(C)n1ccnc1-c1ccc2ncccc2c1. The number of imidazole rings is 1. The predicted molar refractivity (Wildman–Crippen MR) is 98.7 cm³/mol. The van der Waals surface area contributed by atoms with Gasteiger partial charge in [-0.1, -0.05) is 6.07 Å². The second kappa shape index (κ2) is 7.05. The number of pyridine rings is 1. The number of fused-ring (bicyclic) bond motifs is 1. The summed E-state index contributed by atoms with van der Waals surface area (Å²) in [5.74, 6) is 1.77. The molecule has 0 aliphatic rings. The fourth-order valence-corrected chi connectivity index (χ4v) is 3.14. The van der Waals surface area contributed by atoms with E-state index in [0.29, 0.717) is 6.61 Å². The van der Waals surface area contributed by atoms with Crippen LogP contribution in [0.5, 0.6) is 0 Å². The number of rotatable bonds is 6. The highest BCUT2D eigenvalue weighted by molar-refractivity contribution is 5.83. The van der Waals surface area contributed by atoms with Gasteiger partial charge in [0, 0.05) is 43.2 Å². The van der Waals surface area contributed by atoms with Crippen LogP contribution >= 0.6 is 0 Å². The minimum Gasteiger partial charge on any atom is -0.383 e. The molecule has 0 radical (unpaired) electrons. The topological polar surface area (TPSA) is 70.7 Å². The first kappa shape index (κ1) is 16.4. The molecule has 1 aromatic carbocycles. The number of ether oxygens (including phenoxy) is 1. The minimum absolute atomic E-state index is 0.00329. The summed E-state index contributed by atoms with van der Waals surface area (Å²) in [5.41, 5.74) is 2.02. The molecule has 0 amide bonds. The highest BCUT2D eigenvalue weighted by Crippen LogP contribution is 2.26. The van der Waals surface area contributed by atoms with Crippen LogP contribution in [0.1, 0.15) is 18.8 Å². The fourth-order valence-electron chi connectivity index (χ4n) is 3.14. The van der Waals surface area contributed by atoms with Crippen molar-refractivity contribution in [2.24, 2.45) is 0 Å². The van der Waals surface area contributed by atoms with E-state index in [1.54, 1.807) is 19.6 Å². The molecular weight excluding hydrogens is 328 g/mol. The first-order valence-electron chi connectivity index (χ1n) is 8.52. The van der Waals surface area contributed by atoms with E-state index in [1.807, 2.05) is 29.1 Å². The molecular formula is C19H20N6O. The molecule has 1 unspecified atom stereocenters. The van der Waals surface area contributed by atoms with E-state index < -0.39 is 0 Å². The molecule has 0 aliphatic carbocycles. The molecule has 7 heteroatoms. The zero-order valence-electron chi connectivity index (χ0n) is 14.8. The Morgan fingerprint density at radius 3 is 2.96 bits per heavy atom. The lowest BCUT2D eigenvalue weighted by molar-refractivity contribution is 0.185. The van der Waals surface area contributed by atoms with Gasteiger partial charge in [-0.3, -0.25) is 4.98 Å². The molecule has 0 saturated heterocycles. The van der Waals surface area contributed by atoms with Crippen molar-refractivity contribution in [1.82, 2.24) is 29.3 Å². The molecule has 3 aromatic heterocycles. The zero-order valence-corrected chi connectivity index (χ0v) is 14.8. The minimum atomic E-state index is -0.00329. The van der Waals surface area contributed by atoms with E-state index in [9.17, 15) is 0 Å². The number of benzene rings is 1. The summed E-state index contributed by atoms with van der Waals surface area (Å²) in [7, 11) is 1.69. The molecule has 0 N–H and O–H groups in total. The van der Waals surface area contributed by atoms with E-state index in [4.69, 9.17) is 4.74 Å². The van der Waals surface area contributed by atoms with Crippen molar-refractivity contribution in [3.63, 3.8) is 0 Å². The maximum absolute atomic E-state index is 5.17. The number of hydrogen-bond donors (Lipinski definition) is 0. The van der Waals surface area contributed by atoms with Gasteiger partial charge >= 0.3 is 0 Å². The molecule has 26 heavy (non-hydrogen) atoms. The van der Waals surface area contributed by atoms with Crippen molar-refractivity contribution < 1.29 is 4.74 Å². The molecule has 1 atom stereocenters. The van der Waals surface area contributed by atoms with Gasteiger partial charge in [0.25, 0.3) is 0 Å². The van der Waals surface area contributed by atoms with Crippen LogP contribution in [0.3, 0.4) is 0 Å². The van der Waals surface area contributed by atoms with Crippen molar-refractivity contribution in [3.8, 4) is 11.4 Å². The van der Waals surface area contributed by atoms with Gasteiger partial charge in [-0.25, -0.2) is 4.98 Å². The van der Waals surface area contributed by atoms with E-state index in [1.165, 1.54) is 0 Å². The third-order valence-electron chi connectivity index (χ3n) is 4.50. The smallest absolute Gasteiger partial charge is 0.155 e. The Labute approximate surface area is 151 Å². The third kappa shape index (κ3) is 2.97.